The van der Waals surface area contributed by atoms with E-state index in [1.165, 1.54) is 65.6 Å². The van der Waals surface area contributed by atoms with Crippen LogP contribution in [0.5, 0.6) is 17.2 Å². The summed E-state index contributed by atoms with van der Waals surface area (Å²) in [7, 11) is 4.63. The molecule has 1 heterocycles. The number of carbonyl (C=O) groups excluding carboxylic acids is 1. The molecule has 0 radical (unpaired) electrons. The van der Waals surface area contributed by atoms with E-state index in [0.717, 1.165) is 29.5 Å². The van der Waals surface area contributed by atoms with Crippen LogP contribution in [0.25, 0.3) is 11.1 Å². The summed E-state index contributed by atoms with van der Waals surface area (Å²) in [5, 5.41) is 16.3. The van der Waals surface area contributed by atoms with Crippen LogP contribution in [-0.4, -0.2) is 47.4 Å². The molecule has 3 aromatic carbocycles. The van der Waals surface area contributed by atoms with Crippen molar-refractivity contribution >= 4 is 11.6 Å². The second-order valence-corrected chi connectivity index (χ2v) is 11.2. The van der Waals surface area contributed by atoms with Gasteiger partial charge in [-0.15, -0.1) is 10.2 Å². The smallest absolute Gasteiger partial charge is 0.240 e. The molecule has 0 unspecified atom stereocenters. The molecule has 0 aliphatic carbocycles. The van der Waals surface area contributed by atoms with Crippen LogP contribution in [0.1, 0.15) is 88.4 Å². The molecule has 0 aliphatic heterocycles. The number of unbranched alkanes of at least 4 members (excludes halogenated alkanes) is 9. The Morgan fingerprint density at radius 3 is 1.91 bits per heavy atom. The van der Waals surface area contributed by atoms with E-state index in [4.69, 9.17) is 14.2 Å². The number of benzene rings is 3. The van der Waals surface area contributed by atoms with E-state index >= 15 is 0 Å². The van der Waals surface area contributed by atoms with Crippen molar-refractivity contribution < 1.29 is 19.0 Å². The Hall–Kier alpha value is -4.40. The number of nitrogens with zero attached hydrogens (tertiary/aromatic N) is 4. The summed E-state index contributed by atoms with van der Waals surface area (Å²) < 4.78 is 16.5. The molecule has 4 rings (SSSR count). The maximum atomic E-state index is 14.0. The van der Waals surface area contributed by atoms with Crippen LogP contribution in [0.2, 0.25) is 0 Å². The van der Waals surface area contributed by atoms with Crippen LogP contribution in [0, 0.1) is 0 Å². The Labute approximate surface area is 267 Å². The van der Waals surface area contributed by atoms with Crippen LogP contribution in [0.3, 0.4) is 0 Å². The highest BCUT2D eigenvalue weighted by molar-refractivity contribution is 6.00. The summed E-state index contributed by atoms with van der Waals surface area (Å²) in [6.45, 7) is 2.91. The fourth-order valence-electron chi connectivity index (χ4n) is 5.45. The molecular weight excluding hydrogens is 566 g/mol. The second kappa shape index (κ2) is 17.8. The monoisotopic (exact) mass is 613 g/mol. The van der Waals surface area contributed by atoms with Gasteiger partial charge in [-0.05, 0) is 28.3 Å². The Balaban J connectivity index is 1.49. The van der Waals surface area contributed by atoms with Crippen LogP contribution < -0.4 is 19.5 Å². The van der Waals surface area contributed by atoms with E-state index < -0.39 is 5.92 Å². The normalized spacial score (nSPS) is 11.6. The van der Waals surface area contributed by atoms with E-state index in [-0.39, 0.29) is 5.91 Å². The van der Waals surface area contributed by atoms with Crippen molar-refractivity contribution in [3.8, 4) is 28.4 Å². The number of nitrogens with one attached hydrogen (secondary N) is 1. The largest absolute Gasteiger partial charge is 0.496 e. The Morgan fingerprint density at radius 1 is 0.756 bits per heavy atom. The molecule has 0 bridgehead atoms. The first-order chi connectivity index (χ1) is 22.1. The molecule has 45 heavy (non-hydrogen) atoms. The van der Waals surface area contributed by atoms with Gasteiger partial charge >= 0.3 is 0 Å². The number of ether oxygens (including phenoxy) is 3. The number of aryl methyl sites for hydroxylation is 1. The summed E-state index contributed by atoms with van der Waals surface area (Å²) in [6, 6.07) is 21.4. The molecule has 0 saturated heterocycles. The first-order valence-electron chi connectivity index (χ1n) is 16.1. The summed E-state index contributed by atoms with van der Waals surface area (Å²) >= 11 is 0. The predicted molar refractivity (Wildman–Crippen MR) is 178 cm³/mol. The van der Waals surface area contributed by atoms with Gasteiger partial charge in [-0.2, -0.15) is 4.80 Å². The fourth-order valence-corrected chi connectivity index (χ4v) is 5.45. The summed E-state index contributed by atoms with van der Waals surface area (Å²) in [4.78, 5) is 15.6. The zero-order valence-corrected chi connectivity index (χ0v) is 27.1. The molecule has 0 spiro atoms. The molecule has 0 fully saturated rings. The van der Waals surface area contributed by atoms with Gasteiger partial charge in [0.2, 0.25) is 5.91 Å². The molecule has 1 N–H and O–H groups in total. The van der Waals surface area contributed by atoms with E-state index in [9.17, 15) is 4.79 Å². The average molecular weight is 614 g/mol. The molecule has 0 aliphatic rings. The minimum absolute atomic E-state index is 0.331. The first-order valence-corrected chi connectivity index (χ1v) is 16.1. The van der Waals surface area contributed by atoms with Crippen molar-refractivity contribution in [3.63, 3.8) is 0 Å². The van der Waals surface area contributed by atoms with Gasteiger partial charge in [0.05, 0.1) is 27.9 Å². The second-order valence-electron chi connectivity index (χ2n) is 11.2. The molecule has 240 valence electrons. The van der Waals surface area contributed by atoms with Gasteiger partial charge in [-0.1, -0.05) is 119 Å². The van der Waals surface area contributed by atoms with Gasteiger partial charge in [-0.25, -0.2) is 0 Å². The molecule has 1 atom stereocenters. The highest BCUT2D eigenvalue weighted by Crippen LogP contribution is 2.40. The molecule has 0 saturated carbocycles. The quantitative estimate of drug-likeness (QED) is 0.107. The zero-order chi connectivity index (χ0) is 31.9. The molecule has 1 aromatic heterocycles. The van der Waals surface area contributed by atoms with Crippen LogP contribution in [0.4, 0.5) is 5.69 Å². The highest BCUT2D eigenvalue weighted by Gasteiger charge is 2.29. The Morgan fingerprint density at radius 2 is 1.33 bits per heavy atom. The van der Waals surface area contributed by atoms with Gasteiger partial charge < -0.3 is 19.5 Å². The minimum atomic E-state index is -0.812. The Kier molecular flexibility index (Phi) is 13.2. The zero-order valence-electron chi connectivity index (χ0n) is 27.1. The van der Waals surface area contributed by atoms with Crippen molar-refractivity contribution in [2.75, 3.05) is 26.6 Å². The van der Waals surface area contributed by atoms with Gasteiger partial charge in [0.15, 0.2) is 5.82 Å². The van der Waals surface area contributed by atoms with Crippen molar-refractivity contribution in [2.45, 2.75) is 83.6 Å². The maximum absolute atomic E-state index is 14.0. The Bertz CT molecular complexity index is 1430. The number of carbonyl (C=O) groups is 1. The lowest BCUT2D eigenvalue weighted by Gasteiger charge is -2.19. The lowest BCUT2D eigenvalue weighted by Crippen LogP contribution is -2.24. The summed E-state index contributed by atoms with van der Waals surface area (Å²) in [5.74, 6) is 0.561. The number of rotatable bonds is 19. The van der Waals surface area contributed by atoms with E-state index in [2.05, 4.69) is 39.8 Å². The van der Waals surface area contributed by atoms with Gasteiger partial charge in [0.1, 0.15) is 28.9 Å². The van der Waals surface area contributed by atoms with Crippen molar-refractivity contribution in [3.05, 3.63) is 78.1 Å². The van der Waals surface area contributed by atoms with Crippen molar-refractivity contribution in [1.29, 1.82) is 0 Å². The highest BCUT2D eigenvalue weighted by atomic mass is 16.5. The SMILES string of the molecule is CCCCCCCCCCCCn1nnc([C@@H](C(=O)Nc2c(OC)cc(OC)cc2OC)c2ccc(-c3ccccc3)cc2)n1. The predicted octanol–water partition coefficient (Wildman–Crippen LogP) is 8.06. The van der Waals surface area contributed by atoms with Gasteiger partial charge in [0, 0.05) is 12.1 Å². The third kappa shape index (κ3) is 9.54. The average Bonchev–Trinajstić information content (AvgIpc) is 3.54. The van der Waals surface area contributed by atoms with Crippen molar-refractivity contribution in [2.24, 2.45) is 0 Å². The number of hydrogen-bond donors (Lipinski definition) is 1. The van der Waals surface area contributed by atoms with E-state index in [0.29, 0.717) is 35.3 Å². The fraction of sp³-hybridized carbons (Fsp3) is 0.444. The lowest BCUT2D eigenvalue weighted by molar-refractivity contribution is -0.116. The van der Waals surface area contributed by atoms with Crippen LogP contribution >= 0.6 is 0 Å². The van der Waals surface area contributed by atoms with Gasteiger partial charge in [-0.3, -0.25) is 4.79 Å². The number of aromatic nitrogens is 4. The van der Waals surface area contributed by atoms with Crippen molar-refractivity contribution in [1.82, 2.24) is 20.2 Å². The summed E-state index contributed by atoms with van der Waals surface area (Å²) in [5.41, 5.74) is 3.29. The number of methoxy groups -OCH3 is 3. The van der Waals surface area contributed by atoms with Gasteiger partial charge in [0.25, 0.3) is 0 Å². The molecule has 9 heteroatoms. The third-order valence-corrected chi connectivity index (χ3v) is 8.01. The molecule has 9 nitrogen and oxygen atoms in total. The summed E-state index contributed by atoms with van der Waals surface area (Å²) in [6.07, 6.45) is 12.5. The lowest BCUT2D eigenvalue weighted by atomic mass is 9.94. The van der Waals surface area contributed by atoms with E-state index in [1.54, 1.807) is 24.0 Å². The minimum Gasteiger partial charge on any atom is -0.496 e. The molecular formula is C36H47N5O4. The van der Waals surface area contributed by atoms with E-state index in [1.807, 2.05) is 42.5 Å². The molecule has 4 aromatic rings. The maximum Gasteiger partial charge on any atom is 0.240 e. The topological polar surface area (TPSA) is 100 Å². The number of tetrazole rings is 1. The third-order valence-electron chi connectivity index (χ3n) is 8.01. The standard InChI is InChI=1S/C36H47N5O4/c1-5-6-7-8-9-10-11-12-13-17-24-41-39-35(38-40-41)33(29-22-20-28(21-23-29)27-18-15-14-16-19-27)36(42)37-34-31(44-3)25-30(43-2)26-32(34)45-4/h14-16,18-23,25-26,33H,5-13,17,24H2,1-4H3,(H,37,42)/t33-/m0/s1. The number of amides is 1. The number of anilines is 1. The molecule has 1 amide bonds. The van der Waals surface area contributed by atoms with Crippen LogP contribution in [0.15, 0.2) is 66.7 Å². The number of hydrogen-bond acceptors (Lipinski definition) is 7. The van der Waals surface area contributed by atoms with Crippen LogP contribution in [-0.2, 0) is 11.3 Å². The first kappa shape index (κ1) is 33.5.